The summed E-state index contributed by atoms with van der Waals surface area (Å²) in [7, 11) is -9.11. The number of amides is 1. The maximum Gasteiger partial charge on any atom is 0.359 e. The molecule has 0 fully saturated rings. The van der Waals surface area contributed by atoms with E-state index in [2.05, 4.69) is 10.2 Å². The Morgan fingerprint density at radius 3 is 2.32 bits per heavy atom. The second kappa shape index (κ2) is 8.96. The second-order valence-corrected chi connectivity index (χ2v) is 8.96. The number of carbonyl (C=O) groups excluding carboxylic acids is 2. The maximum atomic E-state index is 12.4. The summed E-state index contributed by atoms with van der Waals surface area (Å²) in [4.78, 5) is 36.7. The predicted molar refractivity (Wildman–Crippen MR) is 106 cm³/mol. The molecule has 1 aliphatic heterocycles. The molecule has 1 amide bonds. The first kappa shape index (κ1) is 24.2. The van der Waals surface area contributed by atoms with Crippen molar-refractivity contribution in [2.75, 3.05) is 12.5 Å². The highest BCUT2D eigenvalue weighted by atomic mass is 32.2. The van der Waals surface area contributed by atoms with E-state index in [1.807, 2.05) is 0 Å². The van der Waals surface area contributed by atoms with E-state index < -0.39 is 55.1 Å². The third kappa shape index (κ3) is 6.20. The summed E-state index contributed by atoms with van der Waals surface area (Å²) in [5.74, 6) is -4.21. The largest absolute Gasteiger partial charge is 0.461 e. The molecule has 0 aromatic carbocycles. The molecule has 16 heteroatoms. The van der Waals surface area contributed by atoms with Crippen molar-refractivity contribution in [3.63, 3.8) is 0 Å². The van der Waals surface area contributed by atoms with Crippen LogP contribution in [0.15, 0.2) is 27.6 Å². The number of ether oxygens (including phenoxy) is 1. The Labute approximate surface area is 176 Å². The van der Waals surface area contributed by atoms with Gasteiger partial charge in [-0.3, -0.25) is 23.8 Å². The zero-order valence-corrected chi connectivity index (χ0v) is 17.8. The summed E-state index contributed by atoms with van der Waals surface area (Å²) in [5, 5.41) is 6.40. The number of aromatic nitrogens is 2. The van der Waals surface area contributed by atoms with E-state index in [-0.39, 0.29) is 23.4 Å². The van der Waals surface area contributed by atoms with Gasteiger partial charge in [-0.15, -0.1) is 0 Å². The van der Waals surface area contributed by atoms with E-state index in [0.29, 0.717) is 9.69 Å². The molecule has 0 radical (unpaired) electrons. The molecule has 2 heterocycles. The second-order valence-electron chi connectivity index (χ2n) is 6.12. The van der Waals surface area contributed by atoms with E-state index in [1.54, 1.807) is 0 Å². The molecule has 0 atom stereocenters. The van der Waals surface area contributed by atoms with Crippen LogP contribution in [-0.4, -0.2) is 70.8 Å². The topological polar surface area (TPSA) is 205 Å². The minimum absolute atomic E-state index is 0.00429. The average Bonchev–Trinajstić information content (AvgIpc) is 3.04. The number of rotatable bonds is 8. The Kier molecular flexibility index (Phi) is 6.99. The summed E-state index contributed by atoms with van der Waals surface area (Å²) >= 11 is 0. The number of esters is 1. The minimum Gasteiger partial charge on any atom is -0.461 e. The third-order valence-electron chi connectivity index (χ3n) is 3.70. The lowest BCUT2D eigenvalue weighted by molar-refractivity contribution is -0.135. The van der Waals surface area contributed by atoms with Crippen LogP contribution >= 0.6 is 0 Å². The van der Waals surface area contributed by atoms with Crippen LogP contribution in [0.4, 0.5) is 0 Å². The zero-order valence-electron chi connectivity index (χ0n) is 16.2. The van der Waals surface area contributed by atoms with E-state index >= 15 is 0 Å². The number of hydrazone groups is 1. The van der Waals surface area contributed by atoms with Crippen LogP contribution < -0.4 is 5.56 Å². The van der Waals surface area contributed by atoms with Crippen LogP contribution in [0.3, 0.4) is 0 Å². The molecule has 0 spiro atoms. The number of H-pyrrole nitrogens is 1. The fourth-order valence-electron chi connectivity index (χ4n) is 2.51. The lowest BCUT2D eigenvalue weighted by Gasteiger charge is -2.07. The van der Waals surface area contributed by atoms with Gasteiger partial charge in [0, 0.05) is 5.69 Å². The molecule has 3 N–H and O–H groups in total. The fourth-order valence-corrected chi connectivity index (χ4v) is 3.51. The Bertz CT molecular complexity index is 1270. The molecule has 31 heavy (non-hydrogen) atoms. The van der Waals surface area contributed by atoms with Crippen LogP contribution in [0.5, 0.6) is 0 Å². The normalized spacial score (nSPS) is 16.4. The van der Waals surface area contributed by atoms with Gasteiger partial charge in [0.1, 0.15) is 0 Å². The highest BCUT2D eigenvalue weighted by Crippen LogP contribution is 2.17. The minimum atomic E-state index is -4.63. The number of hydrogen-bond donors (Lipinski definition) is 3. The first-order chi connectivity index (χ1) is 14.2. The smallest absolute Gasteiger partial charge is 0.359 e. The standard InChI is InChI=1S/C15H18N4O10S2/c1-3-29-15(22)12-11(14(21)19(17-12)8-31(26,27)28)6-4-5-10-9(2)16-18(13(10)20)7-30(23,24)25/h4-6,16H,3,7-8H2,1-2H3,(H,23,24,25)(H,26,27,28)/b5-4+,11-6-. The van der Waals surface area contributed by atoms with Gasteiger partial charge in [0.2, 0.25) is 0 Å². The number of carbonyl (C=O) groups is 2. The monoisotopic (exact) mass is 478 g/mol. The van der Waals surface area contributed by atoms with Gasteiger partial charge in [0.15, 0.2) is 17.5 Å². The molecule has 14 nitrogen and oxygen atoms in total. The van der Waals surface area contributed by atoms with Gasteiger partial charge < -0.3 is 4.74 Å². The summed E-state index contributed by atoms with van der Waals surface area (Å²) in [6, 6.07) is 0. The quantitative estimate of drug-likeness (QED) is 0.233. The van der Waals surface area contributed by atoms with Gasteiger partial charge in [-0.05, 0) is 26.0 Å². The van der Waals surface area contributed by atoms with Crippen LogP contribution in [0.25, 0.3) is 6.08 Å². The first-order valence-corrected chi connectivity index (χ1v) is 11.6. The van der Waals surface area contributed by atoms with Crippen molar-refractivity contribution in [2.24, 2.45) is 5.10 Å². The van der Waals surface area contributed by atoms with Crippen molar-refractivity contribution in [1.82, 2.24) is 14.8 Å². The SMILES string of the molecule is CCOC(=O)C1=NN(CS(=O)(=O)O)C(=O)/C1=C\C=C\c1c(C)[nH]n(CS(=O)(=O)O)c1=O. The lowest BCUT2D eigenvalue weighted by Crippen LogP contribution is -2.28. The summed E-state index contributed by atoms with van der Waals surface area (Å²) in [5.41, 5.74) is -1.40. The van der Waals surface area contributed by atoms with Crippen molar-refractivity contribution in [3.8, 4) is 0 Å². The predicted octanol–water partition coefficient (Wildman–Crippen LogP) is -1.12. The molecule has 0 unspecified atom stereocenters. The van der Waals surface area contributed by atoms with Crippen molar-refractivity contribution >= 4 is 43.9 Å². The Morgan fingerprint density at radius 1 is 1.16 bits per heavy atom. The number of hydrogen-bond acceptors (Lipinski definition) is 9. The first-order valence-electron chi connectivity index (χ1n) is 8.39. The molecule has 1 aromatic rings. The average molecular weight is 478 g/mol. The Hall–Kier alpha value is -3.08. The van der Waals surface area contributed by atoms with Gasteiger partial charge >= 0.3 is 5.97 Å². The summed E-state index contributed by atoms with van der Waals surface area (Å²) < 4.78 is 67.3. The van der Waals surface area contributed by atoms with Gasteiger partial charge in [-0.1, -0.05) is 6.08 Å². The molecular formula is C15H18N4O10S2. The fraction of sp³-hybridized carbons (Fsp3) is 0.333. The summed E-state index contributed by atoms with van der Waals surface area (Å²) in [6.45, 7) is 2.90. The number of nitrogens with one attached hydrogen (secondary N) is 1. The molecule has 0 saturated heterocycles. The molecule has 0 bridgehead atoms. The molecule has 170 valence electrons. The number of aromatic amines is 1. The highest BCUT2D eigenvalue weighted by Gasteiger charge is 2.36. The van der Waals surface area contributed by atoms with Gasteiger partial charge in [-0.25, -0.2) is 14.5 Å². The van der Waals surface area contributed by atoms with E-state index in [9.17, 15) is 31.2 Å². The maximum absolute atomic E-state index is 12.4. The lowest BCUT2D eigenvalue weighted by atomic mass is 10.1. The van der Waals surface area contributed by atoms with Crippen LogP contribution in [-0.2, 0) is 40.4 Å². The molecule has 1 aliphatic rings. The van der Waals surface area contributed by atoms with Crippen molar-refractivity contribution < 1.29 is 40.3 Å². The molecule has 2 rings (SSSR count). The van der Waals surface area contributed by atoms with Gasteiger partial charge in [0.25, 0.3) is 31.7 Å². The summed E-state index contributed by atoms with van der Waals surface area (Å²) in [6.07, 6.45) is 3.44. The molecular weight excluding hydrogens is 460 g/mol. The van der Waals surface area contributed by atoms with E-state index in [1.165, 1.54) is 26.0 Å². The number of aryl methyl sites for hydroxylation is 1. The highest BCUT2D eigenvalue weighted by molar-refractivity contribution is 7.85. The van der Waals surface area contributed by atoms with Crippen LogP contribution in [0.2, 0.25) is 0 Å². The van der Waals surface area contributed by atoms with Crippen molar-refractivity contribution in [3.05, 3.63) is 39.3 Å². The van der Waals surface area contributed by atoms with E-state index in [4.69, 9.17) is 13.8 Å². The Balaban J connectivity index is 2.40. The molecule has 0 aliphatic carbocycles. The number of nitrogens with zero attached hydrogens (tertiary/aromatic N) is 3. The molecule has 1 aromatic heterocycles. The third-order valence-corrected chi connectivity index (χ3v) is 4.85. The molecule has 0 saturated carbocycles. The van der Waals surface area contributed by atoms with Crippen LogP contribution in [0, 0.1) is 6.92 Å². The van der Waals surface area contributed by atoms with Gasteiger partial charge in [0.05, 0.1) is 17.7 Å². The van der Waals surface area contributed by atoms with Gasteiger partial charge in [-0.2, -0.15) is 21.9 Å². The Morgan fingerprint density at radius 2 is 1.77 bits per heavy atom. The van der Waals surface area contributed by atoms with E-state index in [0.717, 1.165) is 6.08 Å². The van der Waals surface area contributed by atoms with Crippen molar-refractivity contribution in [1.29, 1.82) is 0 Å². The number of allylic oxidation sites excluding steroid dienone is 2. The zero-order chi connectivity index (χ0) is 23.6. The van der Waals surface area contributed by atoms with Crippen LogP contribution in [0.1, 0.15) is 18.2 Å². The van der Waals surface area contributed by atoms with Crippen molar-refractivity contribution in [2.45, 2.75) is 19.7 Å².